The second kappa shape index (κ2) is 4.84. The highest BCUT2D eigenvalue weighted by molar-refractivity contribution is 6.75. The average molecular weight is 300 g/mol. The van der Waals surface area contributed by atoms with Crippen molar-refractivity contribution in [1.29, 1.82) is 0 Å². The monoisotopic (exact) mass is 298 g/mol. The van der Waals surface area contributed by atoms with Crippen LogP contribution in [0.3, 0.4) is 0 Å². The summed E-state index contributed by atoms with van der Waals surface area (Å²) in [6.45, 7) is 0. The molecule has 14 heavy (non-hydrogen) atoms. The molecule has 0 heterocycles. The van der Waals surface area contributed by atoms with Crippen LogP contribution in [0.1, 0.15) is 6.42 Å². The van der Waals surface area contributed by atoms with E-state index < -0.39 is 15.9 Å². The third kappa shape index (κ3) is 2.96. The van der Waals surface area contributed by atoms with E-state index in [1.165, 1.54) is 0 Å². The summed E-state index contributed by atoms with van der Waals surface area (Å²) in [5.41, 5.74) is 0. The van der Waals surface area contributed by atoms with E-state index in [0.717, 1.165) is 0 Å². The van der Waals surface area contributed by atoms with E-state index in [0.29, 0.717) is 12.3 Å². The molecule has 3 unspecified atom stereocenters. The highest BCUT2D eigenvalue weighted by Gasteiger charge is 2.44. The second-order valence-corrected chi connectivity index (χ2v) is 6.13. The summed E-state index contributed by atoms with van der Waals surface area (Å²) in [7, 11) is 0. The fourth-order valence-corrected chi connectivity index (χ4v) is 2.02. The highest BCUT2D eigenvalue weighted by Crippen LogP contribution is 2.38. The molecule has 3 atom stereocenters. The molecule has 0 radical (unpaired) electrons. The number of esters is 1. The molecule has 0 aromatic rings. The molecule has 0 aliphatic heterocycles. The Balaban J connectivity index is 2.38. The van der Waals surface area contributed by atoms with Gasteiger partial charge in [0.15, 0.2) is 0 Å². The minimum atomic E-state index is -2.04. The van der Waals surface area contributed by atoms with Gasteiger partial charge in [-0.05, 0) is 12.3 Å². The number of halogens is 5. The van der Waals surface area contributed by atoms with Gasteiger partial charge in [-0.25, -0.2) is 4.79 Å². The standard InChI is InChI=1S/C7H7Cl5O2/c8-2-3-1-4(5(3)9)14-6(13)7(10,11)12/h3-5H,1-2H2. The van der Waals surface area contributed by atoms with Crippen LogP contribution in [0.15, 0.2) is 0 Å². The fourth-order valence-electron chi connectivity index (χ4n) is 1.13. The fraction of sp³-hybridized carbons (Fsp3) is 0.857. The number of hydrogen-bond acceptors (Lipinski definition) is 2. The normalized spacial score (nSPS) is 32.2. The first kappa shape index (κ1) is 13.0. The zero-order valence-electron chi connectivity index (χ0n) is 6.85. The van der Waals surface area contributed by atoms with Crippen molar-refractivity contribution in [2.75, 3.05) is 5.88 Å². The van der Waals surface area contributed by atoms with E-state index in [-0.39, 0.29) is 11.3 Å². The highest BCUT2D eigenvalue weighted by atomic mass is 35.6. The van der Waals surface area contributed by atoms with E-state index in [9.17, 15) is 4.79 Å². The summed E-state index contributed by atoms with van der Waals surface area (Å²) >= 11 is 27.4. The summed E-state index contributed by atoms with van der Waals surface area (Å²) in [6, 6.07) is 0. The van der Waals surface area contributed by atoms with Crippen LogP contribution in [0.2, 0.25) is 0 Å². The Labute approximate surface area is 107 Å². The van der Waals surface area contributed by atoms with Crippen molar-refractivity contribution in [2.45, 2.75) is 21.7 Å². The van der Waals surface area contributed by atoms with Crippen LogP contribution in [0, 0.1) is 5.92 Å². The van der Waals surface area contributed by atoms with Gasteiger partial charge >= 0.3 is 5.97 Å². The summed E-state index contributed by atoms with van der Waals surface area (Å²) in [5.74, 6) is -0.298. The minimum Gasteiger partial charge on any atom is -0.458 e. The van der Waals surface area contributed by atoms with Gasteiger partial charge in [-0.1, -0.05) is 34.8 Å². The molecule has 1 saturated carbocycles. The Hall–Kier alpha value is 0.920. The Morgan fingerprint density at radius 2 is 2.00 bits per heavy atom. The lowest BCUT2D eigenvalue weighted by Crippen LogP contribution is -2.47. The molecular formula is C7H7Cl5O2. The zero-order chi connectivity index (χ0) is 10.9. The molecule has 7 heteroatoms. The minimum absolute atomic E-state index is 0.159. The maximum Gasteiger partial charge on any atom is 0.358 e. The van der Waals surface area contributed by atoms with E-state index in [4.69, 9.17) is 62.7 Å². The van der Waals surface area contributed by atoms with Crippen molar-refractivity contribution in [2.24, 2.45) is 5.92 Å². The first-order valence-corrected chi connectivity index (χ1v) is 5.94. The molecule has 0 aromatic heterocycles. The number of alkyl halides is 5. The second-order valence-electron chi connectivity index (χ2n) is 3.04. The summed E-state index contributed by atoms with van der Waals surface area (Å²) in [6.07, 6.45) is 0.216. The van der Waals surface area contributed by atoms with Crippen LogP contribution in [-0.4, -0.2) is 27.1 Å². The van der Waals surface area contributed by atoms with Crippen molar-refractivity contribution < 1.29 is 9.53 Å². The van der Waals surface area contributed by atoms with Crippen LogP contribution >= 0.6 is 58.0 Å². The van der Waals surface area contributed by atoms with Gasteiger partial charge in [-0.3, -0.25) is 0 Å². The number of ether oxygens (including phenoxy) is 1. The SMILES string of the molecule is O=C(OC1CC(CCl)C1Cl)C(Cl)(Cl)Cl. The molecule has 0 N–H and O–H groups in total. The van der Waals surface area contributed by atoms with Gasteiger partial charge in [0.25, 0.3) is 3.79 Å². The van der Waals surface area contributed by atoms with Crippen molar-refractivity contribution in [3.63, 3.8) is 0 Å². The predicted octanol–water partition coefficient (Wildman–Crippen LogP) is 3.13. The van der Waals surface area contributed by atoms with Gasteiger partial charge in [0.1, 0.15) is 6.10 Å². The van der Waals surface area contributed by atoms with Gasteiger partial charge < -0.3 is 4.74 Å². The molecule has 0 bridgehead atoms. The van der Waals surface area contributed by atoms with E-state index >= 15 is 0 Å². The Kier molecular flexibility index (Phi) is 4.49. The average Bonchev–Trinajstić information content (AvgIpc) is 2.08. The Morgan fingerprint density at radius 1 is 1.43 bits per heavy atom. The maximum atomic E-state index is 11.1. The molecule has 0 amide bonds. The van der Waals surface area contributed by atoms with E-state index in [1.807, 2.05) is 0 Å². The number of rotatable bonds is 2. The van der Waals surface area contributed by atoms with Crippen LogP contribution in [0.5, 0.6) is 0 Å². The molecule has 1 fully saturated rings. The molecular weight excluding hydrogens is 293 g/mol. The van der Waals surface area contributed by atoms with Gasteiger partial charge in [0.05, 0.1) is 5.38 Å². The van der Waals surface area contributed by atoms with Crippen LogP contribution in [0.25, 0.3) is 0 Å². The zero-order valence-corrected chi connectivity index (χ0v) is 10.6. The molecule has 1 aliphatic carbocycles. The Morgan fingerprint density at radius 3 is 2.36 bits per heavy atom. The third-order valence-corrected chi connectivity index (χ3v) is 3.53. The predicted molar refractivity (Wildman–Crippen MR) is 58.6 cm³/mol. The first-order chi connectivity index (χ1) is 6.36. The molecule has 1 rings (SSSR count). The van der Waals surface area contributed by atoms with E-state index in [1.54, 1.807) is 0 Å². The lowest BCUT2D eigenvalue weighted by atomic mass is 9.83. The molecule has 82 valence electrons. The van der Waals surface area contributed by atoms with Gasteiger partial charge in [-0.15, -0.1) is 23.2 Å². The van der Waals surface area contributed by atoms with Crippen LogP contribution < -0.4 is 0 Å². The molecule has 1 aliphatic rings. The number of carbonyl (C=O) groups excluding carboxylic acids is 1. The lowest BCUT2D eigenvalue weighted by molar-refractivity contribution is -0.153. The molecule has 0 saturated heterocycles. The number of hydrogen-bond donors (Lipinski definition) is 0. The summed E-state index contributed by atoms with van der Waals surface area (Å²) in [4.78, 5) is 11.1. The van der Waals surface area contributed by atoms with Crippen molar-refractivity contribution in [1.82, 2.24) is 0 Å². The van der Waals surface area contributed by atoms with Crippen molar-refractivity contribution in [3.05, 3.63) is 0 Å². The number of carbonyl (C=O) groups is 1. The lowest BCUT2D eigenvalue weighted by Gasteiger charge is -2.39. The van der Waals surface area contributed by atoms with Crippen molar-refractivity contribution in [3.8, 4) is 0 Å². The quantitative estimate of drug-likeness (QED) is 0.578. The summed E-state index contributed by atoms with van der Waals surface area (Å²) in [5, 5.41) is -0.288. The molecule has 0 spiro atoms. The first-order valence-electron chi connectivity index (χ1n) is 3.84. The largest absolute Gasteiger partial charge is 0.458 e. The van der Waals surface area contributed by atoms with Crippen LogP contribution in [-0.2, 0) is 9.53 Å². The molecule has 2 nitrogen and oxygen atoms in total. The van der Waals surface area contributed by atoms with Gasteiger partial charge in [0.2, 0.25) is 0 Å². The Bertz CT molecular complexity index is 227. The van der Waals surface area contributed by atoms with Crippen molar-refractivity contribution >= 4 is 64.0 Å². The van der Waals surface area contributed by atoms with E-state index in [2.05, 4.69) is 0 Å². The maximum absolute atomic E-state index is 11.1. The smallest absolute Gasteiger partial charge is 0.358 e. The van der Waals surface area contributed by atoms with Gasteiger partial charge in [-0.2, -0.15) is 0 Å². The van der Waals surface area contributed by atoms with Gasteiger partial charge in [0, 0.05) is 5.88 Å². The van der Waals surface area contributed by atoms with Crippen LogP contribution in [0.4, 0.5) is 0 Å². The third-order valence-electron chi connectivity index (χ3n) is 2.03. The molecule has 0 aromatic carbocycles. The summed E-state index contributed by atoms with van der Waals surface area (Å²) < 4.78 is 2.83. The topological polar surface area (TPSA) is 26.3 Å².